The number of amides is 1. The van der Waals surface area contributed by atoms with E-state index >= 15 is 0 Å². The maximum absolute atomic E-state index is 12.5. The fourth-order valence-corrected chi connectivity index (χ4v) is 4.00. The van der Waals surface area contributed by atoms with Gasteiger partial charge in [-0.15, -0.1) is 11.3 Å². The molecule has 3 aromatic rings. The van der Waals surface area contributed by atoms with Crippen LogP contribution in [0.1, 0.15) is 9.67 Å². The summed E-state index contributed by atoms with van der Waals surface area (Å²) in [5.74, 6) is -0.125. The number of halogens is 1. The molecule has 0 aliphatic heterocycles. The van der Waals surface area contributed by atoms with Gasteiger partial charge in [-0.3, -0.25) is 20.2 Å². The highest BCUT2D eigenvalue weighted by molar-refractivity contribution is 7.80. The third-order valence-corrected chi connectivity index (χ3v) is 5.49. The Bertz CT molecular complexity index is 1070. The third kappa shape index (κ3) is 4.00. The Labute approximate surface area is 168 Å². The minimum absolute atomic E-state index is 0.0349. The van der Waals surface area contributed by atoms with Gasteiger partial charge in [0, 0.05) is 22.2 Å². The zero-order valence-corrected chi connectivity index (χ0v) is 16.2. The first-order chi connectivity index (χ1) is 12.9. The minimum atomic E-state index is -0.538. The smallest absolute Gasteiger partial charge is 0.271 e. The first-order valence-electron chi connectivity index (χ1n) is 7.52. The first kappa shape index (κ1) is 19.0. The second-order valence-corrected chi connectivity index (χ2v) is 7.13. The summed E-state index contributed by atoms with van der Waals surface area (Å²) in [6, 6.07) is 11.4. The lowest BCUT2D eigenvalue weighted by molar-refractivity contribution is -0.384. The van der Waals surface area contributed by atoms with Crippen molar-refractivity contribution in [2.75, 3.05) is 12.4 Å². The lowest BCUT2D eigenvalue weighted by atomic mass is 10.2. The SMILES string of the molecule is COc1ccc([N+](=O)[O-])cc1NC(=S)NC(=O)c1sc2ccccc2c1Cl. The molecule has 0 spiro atoms. The number of nitrogens with one attached hydrogen (secondary N) is 2. The Morgan fingerprint density at radius 3 is 2.70 bits per heavy atom. The molecule has 0 fully saturated rings. The Morgan fingerprint density at radius 2 is 2.04 bits per heavy atom. The predicted octanol–water partition coefficient (Wildman–Crippen LogP) is 4.60. The summed E-state index contributed by atoms with van der Waals surface area (Å²) in [6.07, 6.45) is 0. The van der Waals surface area contributed by atoms with Crippen LogP contribution in [0.3, 0.4) is 0 Å². The number of nitro benzene ring substituents is 1. The summed E-state index contributed by atoms with van der Waals surface area (Å²) in [4.78, 5) is 23.2. The first-order valence-corrected chi connectivity index (χ1v) is 9.12. The van der Waals surface area contributed by atoms with Gasteiger partial charge in [0.2, 0.25) is 0 Å². The molecular formula is C17H12ClN3O4S2. The number of nitro groups is 1. The molecule has 0 aliphatic rings. The maximum atomic E-state index is 12.5. The number of methoxy groups -OCH3 is 1. The van der Waals surface area contributed by atoms with E-state index in [-0.39, 0.29) is 16.5 Å². The van der Waals surface area contributed by atoms with Gasteiger partial charge < -0.3 is 10.1 Å². The predicted molar refractivity (Wildman–Crippen MR) is 110 cm³/mol. The quantitative estimate of drug-likeness (QED) is 0.363. The van der Waals surface area contributed by atoms with Crippen LogP contribution in [0.5, 0.6) is 5.75 Å². The fraction of sp³-hybridized carbons (Fsp3) is 0.0588. The average molecular weight is 422 g/mol. The molecule has 0 radical (unpaired) electrons. The Hall–Kier alpha value is -2.75. The normalized spacial score (nSPS) is 10.4. The van der Waals surface area contributed by atoms with Crippen LogP contribution in [0, 0.1) is 10.1 Å². The summed E-state index contributed by atoms with van der Waals surface area (Å²) >= 11 is 12.7. The number of hydrogen-bond acceptors (Lipinski definition) is 6. The number of hydrogen-bond donors (Lipinski definition) is 2. The highest BCUT2D eigenvalue weighted by atomic mass is 35.5. The number of nitrogens with zero attached hydrogens (tertiary/aromatic N) is 1. The number of benzene rings is 2. The van der Waals surface area contributed by atoms with Crippen LogP contribution >= 0.6 is 35.2 Å². The van der Waals surface area contributed by atoms with E-state index in [1.54, 1.807) is 0 Å². The average Bonchev–Trinajstić information content (AvgIpc) is 2.98. The zero-order chi connectivity index (χ0) is 19.6. The van der Waals surface area contributed by atoms with Crippen molar-refractivity contribution in [1.29, 1.82) is 0 Å². The molecule has 2 N–H and O–H groups in total. The van der Waals surface area contributed by atoms with E-state index in [1.807, 2.05) is 24.3 Å². The van der Waals surface area contributed by atoms with Gasteiger partial charge in [-0.05, 0) is 24.4 Å². The second-order valence-electron chi connectivity index (χ2n) is 5.29. The molecule has 0 unspecified atom stereocenters. The lowest BCUT2D eigenvalue weighted by Crippen LogP contribution is -2.33. The van der Waals surface area contributed by atoms with Crippen molar-refractivity contribution in [3.05, 3.63) is 62.5 Å². The van der Waals surface area contributed by atoms with Crippen molar-refractivity contribution in [3.8, 4) is 5.75 Å². The molecule has 2 aromatic carbocycles. The number of non-ortho nitro benzene ring substituents is 1. The van der Waals surface area contributed by atoms with Crippen molar-refractivity contribution >= 4 is 67.6 Å². The molecule has 0 saturated carbocycles. The van der Waals surface area contributed by atoms with Crippen molar-refractivity contribution < 1.29 is 14.5 Å². The number of rotatable bonds is 4. The number of thiophene rings is 1. The van der Waals surface area contributed by atoms with Crippen LogP contribution in [-0.4, -0.2) is 23.1 Å². The standard InChI is InChI=1S/C17H12ClN3O4S2/c1-25-12-7-6-9(21(23)24)8-11(12)19-17(26)20-16(22)15-14(18)10-4-2-3-5-13(10)27-15/h2-8H,1H3,(H2,19,20,22,26). The molecule has 10 heteroatoms. The number of ether oxygens (including phenoxy) is 1. The summed E-state index contributed by atoms with van der Waals surface area (Å²) in [5.41, 5.74) is 0.124. The third-order valence-electron chi connectivity index (χ3n) is 3.61. The summed E-state index contributed by atoms with van der Waals surface area (Å²) in [6.45, 7) is 0. The number of carbonyl (C=O) groups excluding carboxylic acids is 1. The van der Waals surface area contributed by atoms with Gasteiger partial charge in [0.1, 0.15) is 10.6 Å². The van der Waals surface area contributed by atoms with E-state index < -0.39 is 10.8 Å². The van der Waals surface area contributed by atoms with Gasteiger partial charge in [0.05, 0.1) is 22.7 Å². The molecular weight excluding hydrogens is 410 g/mol. The summed E-state index contributed by atoms with van der Waals surface area (Å²) in [5, 5.41) is 17.3. The topological polar surface area (TPSA) is 93.5 Å². The van der Waals surface area contributed by atoms with E-state index in [9.17, 15) is 14.9 Å². The van der Waals surface area contributed by atoms with Gasteiger partial charge in [-0.25, -0.2) is 0 Å². The zero-order valence-electron chi connectivity index (χ0n) is 13.8. The van der Waals surface area contributed by atoms with E-state index in [1.165, 1.54) is 36.6 Å². The molecule has 7 nitrogen and oxygen atoms in total. The summed E-state index contributed by atoms with van der Waals surface area (Å²) in [7, 11) is 1.42. The van der Waals surface area contributed by atoms with Crippen LogP contribution in [0.15, 0.2) is 42.5 Å². The van der Waals surface area contributed by atoms with Gasteiger partial charge in [0.25, 0.3) is 11.6 Å². The number of fused-ring (bicyclic) bond motifs is 1. The van der Waals surface area contributed by atoms with E-state index in [2.05, 4.69) is 10.6 Å². The maximum Gasteiger partial charge on any atom is 0.271 e. The van der Waals surface area contributed by atoms with Crippen LogP contribution in [0.25, 0.3) is 10.1 Å². The highest BCUT2D eigenvalue weighted by Gasteiger charge is 2.19. The number of anilines is 1. The van der Waals surface area contributed by atoms with E-state index in [0.29, 0.717) is 15.6 Å². The molecule has 1 heterocycles. The molecule has 27 heavy (non-hydrogen) atoms. The fourth-order valence-electron chi connectivity index (χ4n) is 2.38. The monoisotopic (exact) mass is 421 g/mol. The van der Waals surface area contributed by atoms with Gasteiger partial charge in [-0.2, -0.15) is 0 Å². The van der Waals surface area contributed by atoms with Crippen LogP contribution in [-0.2, 0) is 0 Å². The Morgan fingerprint density at radius 1 is 1.30 bits per heavy atom. The van der Waals surface area contributed by atoms with Crippen LogP contribution in [0.4, 0.5) is 11.4 Å². The molecule has 1 aromatic heterocycles. The molecule has 0 bridgehead atoms. The van der Waals surface area contributed by atoms with Crippen molar-refractivity contribution in [3.63, 3.8) is 0 Å². The van der Waals surface area contributed by atoms with Crippen molar-refractivity contribution in [2.45, 2.75) is 0 Å². The molecule has 0 atom stereocenters. The summed E-state index contributed by atoms with van der Waals surface area (Å²) < 4.78 is 6.03. The molecule has 3 rings (SSSR count). The molecule has 1 amide bonds. The Balaban J connectivity index is 1.79. The molecule has 0 saturated heterocycles. The van der Waals surface area contributed by atoms with Crippen molar-refractivity contribution in [2.24, 2.45) is 0 Å². The lowest BCUT2D eigenvalue weighted by Gasteiger charge is -2.12. The Kier molecular flexibility index (Phi) is 5.54. The van der Waals surface area contributed by atoms with Gasteiger partial charge in [-0.1, -0.05) is 29.8 Å². The molecule has 138 valence electrons. The van der Waals surface area contributed by atoms with Gasteiger partial charge >= 0.3 is 0 Å². The van der Waals surface area contributed by atoms with Gasteiger partial charge in [0.15, 0.2) is 5.11 Å². The van der Waals surface area contributed by atoms with Crippen LogP contribution < -0.4 is 15.4 Å². The van der Waals surface area contributed by atoms with Crippen LogP contribution in [0.2, 0.25) is 5.02 Å². The highest BCUT2D eigenvalue weighted by Crippen LogP contribution is 2.35. The van der Waals surface area contributed by atoms with E-state index in [0.717, 1.165) is 10.1 Å². The van der Waals surface area contributed by atoms with E-state index in [4.69, 9.17) is 28.6 Å². The largest absolute Gasteiger partial charge is 0.495 e. The number of carbonyl (C=O) groups is 1. The minimum Gasteiger partial charge on any atom is -0.495 e. The number of thiocarbonyl (C=S) groups is 1. The van der Waals surface area contributed by atoms with Crippen molar-refractivity contribution in [1.82, 2.24) is 5.32 Å². The molecule has 0 aliphatic carbocycles. The second kappa shape index (κ2) is 7.87.